The van der Waals surface area contributed by atoms with E-state index in [9.17, 15) is 29.4 Å². The second-order valence-electron chi connectivity index (χ2n) is 12.5. The van der Waals surface area contributed by atoms with Gasteiger partial charge in [0.15, 0.2) is 0 Å². The summed E-state index contributed by atoms with van der Waals surface area (Å²) >= 11 is 0. The van der Waals surface area contributed by atoms with Crippen molar-refractivity contribution in [2.45, 2.75) is 92.2 Å². The fourth-order valence-corrected chi connectivity index (χ4v) is 7.27. The van der Waals surface area contributed by atoms with Crippen molar-refractivity contribution in [3.63, 3.8) is 0 Å². The lowest BCUT2D eigenvalue weighted by atomic mass is 9.89. The van der Waals surface area contributed by atoms with Gasteiger partial charge in [0.2, 0.25) is 5.91 Å². The van der Waals surface area contributed by atoms with Crippen LogP contribution in [0.1, 0.15) is 92.0 Å². The first-order valence-corrected chi connectivity index (χ1v) is 15.5. The normalized spacial score (nSPS) is 26.1. The number of carboxylic acids is 2. The number of amides is 2. The summed E-state index contributed by atoms with van der Waals surface area (Å²) in [6.07, 6.45) is 6.25. The third-order valence-corrected chi connectivity index (χ3v) is 10.1. The maximum atomic E-state index is 12.8. The average molecular weight is 606 g/mol. The Bertz CT molecular complexity index is 1600. The number of rotatable bonds is 12. The van der Waals surface area contributed by atoms with Crippen LogP contribution in [0.5, 0.6) is 0 Å². The minimum Gasteiger partial charge on any atom is -0.481 e. The molecular formula is C33H43N5O6. The molecule has 3 saturated heterocycles. The highest BCUT2D eigenvalue weighted by molar-refractivity contribution is 5.99. The molecule has 2 amide bonds. The van der Waals surface area contributed by atoms with Crippen molar-refractivity contribution < 1.29 is 29.4 Å². The lowest BCUT2D eigenvalue weighted by molar-refractivity contribution is -0.138. The van der Waals surface area contributed by atoms with Gasteiger partial charge in [-0.2, -0.15) is 0 Å². The van der Waals surface area contributed by atoms with Crippen LogP contribution in [0.15, 0.2) is 17.3 Å². The molecular weight excluding hydrogens is 562 g/mol. The van der Waals surface area contributed by atoms with Gasteiger partial charge < -0.3 is 25.5 Å². The van der Waals surface area contributed by atoms with Crippen LogP contribution in [-0.2, 0) is 44.9 Å². The number of hydrogen-bond donors (Lipinski definition) is 6. The molecule has 236 valence electrons. The number of fused-ring (bicyclic) bond motifs is 1. The van der Waals surface area contributed by atoms with E-state index in [1.54, 1.807) is 5.01 Å². The van der Waals surface area contributed by atoms with Crippen molar-refractivity contribution in [2.24, 2.45) is 17.8 Å². The molecule has 3 aliphatic heterocycles. The van der Waals surface area contributed by atoms with Gasteiger partial charge in [-0.1, -0.05) is 26.8 Å². The molecule has 3 aliphatic rings. The van der Waals surface area contributed by atoms with E-state index in [2.05, 4.69) is 27.6 Å². The molecule has 2 aromatic rings. The smallest absolute Gasteiger partial charge is 0.303 e. The third kappa shape index (κ3) is 5.38. The Kier molecular flexibility index (Phi) is 8.37. The lowest BCUT2D eigenvalue weighted by Crippen LogP contribution is -2.28. The van der Waals surface area contributed by atoms with Gasteiger partial charge in [-0.05, 0) is 68.4 Å². The van der Waals surface area contributed by atoms with Crippen LogP contribution >= 0.6 is 0 Å². The number of allylic oxidation sites excluding steroid dienone is 2. The van der Waals surface area contributed by atoms with E-state index in [0.717, 1.165) is 62.7 Å². The van der Waals surface area contributed by atoms with Crippen LogP contribution in [0, 0.1) is 31.6 Å². The topological polar surface area (TPSA) is 177 Å². The van der Waals surface area contributed by atoms with Gasteiger partial charge in [-0.25, -0.2) is 10.4 Å². The predicted molar refractivity (Wildman–Crippen MR) is 164 cm³/mol. The number of aromatic nitrogens is 2. The zero-order valence-electron chi connectivity index (χ0n) is 26.3. The first-order valence-electron chi connectivity index (χ1n) is 15.5. The van der Waals surface area contributed by atoms with Crippen LogP contribution in [0.4, 0.5) is 0 Å². The maximum absolute atomic E-state index is 12.8. The fraction of sp³-hybridized carbons (Fsp3) is 0.515. The SMILES string of the molecule is C/C=C1\C(=O)N2N[C@@]2(Cc2[nH]c(Cc3[nH]c(/C=C4\NC(=O)[C@H](C)[C@H]4CC)c(C)c3CCC(=O)O)c(CCC(=O)O)c2C)C1C. The number of aromatic amines is 2. The third-order valence-electron chi connectivity index (χ3n) is 10.1. The van der Waals surface area contributed by atoms with Crippen molar-refractivity contribution >= 4 is 29.8 Å². The maximum Gasteiger partial charge on any atom is 0.303 e. The summed E-state index contributed by atoms with van der Waals surface area (Å²) in [4.78, 5) is 55.5. The van der Waals surface area contributed by atoms with Crippen molar-refractivity contribution in [1.82, 2.24) is 25.7 Å². The summed E-state index contributed by atoms with van der Waals surface area (Å²) < 4.78 is 0. The predicted octanol–water partition coefficient (Wildman–Crippen LogP) is 3.90. The van der Waals surface area contributed by atoms with E-state index in [0.29, 0.717) is 25.7 Å². The molecule has 0 aromatic carbocycles. The summed E-state index contributed by atoms with van der Waals surface area (Å²) in [5.41, 5.74) is 11.6. The van der Waals surface area contributed by atoms with Gasteiger partial charge in [0, 0.05) is 77.5 Å². The van der Waals surface area contributed by atoms with Gasteiger partial charge >= 0.3 is 11.9 Å². The van der Waals surface area contributed by atoms with Gasteiger partial charge in [-0.15, -0.1) is 0 Å². The molecule has 0 saturated carbocycles. The summed E-state index contributed by atoms with van der Waals surface area (Å²) in [7, 11) is 0. The first kappa shape index (κ1) is 31.3. The zero-order chi connectivity index (χ0) is 32.1. The van der Waals surface area contributed by atoms with E-state index < -0.39 is 17.6 Å². The van der Waals surface area contributed by atoms with Crippen molar-refractivity contribution in [3.05, 3.63) is 62.4 Å². The van der Waals surface area contributed by atoms with Gasteiger partial charge in [0.1, 0.15) is 5.66 Å². The summed E-state index contributed by atoms with van der Waals surface area (Å²) in [5, 5.41) is 23.7. The second kappa shape index (κ2) is 11.8. The van der Waals surface area contributed by atoms with E-state index in [1.165, 1.54) is 0 Å². The minimum atomic E-state index is -0.888. The number of nitrogens with zero attached hydrogens (tertiary/aromatic N) is 1. The zero-order valence-corrected chi connectivity index (χ0v) is 26.3. The molecule has 0 spiro atoms. The summed E-state index contributed by atoms with van der Waals surface area (Å²) in [6, 6.07) is 0. The van der Waals surface area contributed by atoms with Crippen molar-refractivity contribution in [2.75, 3.05) is 0 Å². The summed E-state index contributed by atoms with van der Waals surface area (Å²) in [6.45, 7) is 11.9. The molecule has 0 bridgehead atoms. The quantitative estimate of drug-likeness (QED) is 0.157. The number of H-pyrrole nitrogens is 2. The van der Waals surface area contributed by atoms with Crippen LogP contribution in [0.25, 0.3) is 6.08 Å². The number of hydrazine groups is 1. The average Bonchev–Trinajstić information content (AvgIpc) is 3.32. The summed E-state index contributed by atoms with van der Waals surface area (Å²) in [5.74, 6) is -1.84. The molecule has 0 aliphatic carbocycles. The molecule has 11 heteroatoms. The molecule has 5 heterocycles. The lowest BCUT2D eigenvalue weighted by Gasteiger charge is -2.15. The number of carbonyl (C=O) groups is 4. The van der Waals surface area contributed by atoms with Crippen LogP contribution in [0.3, 0.4) is 0 Å². The molecule has 44 heavy (non-hydrogen) atoms. The Balaban J connectivity index is 1.52. The number of nitrogens with one attached hydrogen (secondary N) is 4. The molecule has 1 unspecified atom stereocenters. The Morgan fingerprint density at radius 3 is 2.14 bits per heavy atom. The molecule has 2 aromatic heterocycles. The van der Waals surface area contributed by atoms with Gasteiger partial charge in [-0.3, -0.25) is 19.2 Å². The standard InChI is InChI=1S/C33H43N5O6/c1-7-20-18(5)31(43)36-25(20)13-24-16(3)22(9-11-29(39)40)26(34-24)14-27-23(10-12-30(41)42)17(4)28(35-27)15-33-19(6)21(8-2)32(44)38(33)37-33/h8,13,18-20,34-35,37H,7,9-12,14-15H2,1-6H3,(H,36,43)(H,39,40)(H,41,42)/b21-8-,25-13-/t18-,19?,20-,33-,38?/m1/s1. The van der Waals surface area contributed by atoms with Gasteiger partial charge in [0.05, 0.1) is 0 Å². The highest BCUT2D eigenvalue weighted by Gasteiger charge is 2.66. The molecule has 11 nitrogen and oxygen atoms in total. The highest BCUT2D eigenvalue weighted by atomic mass is 16.4. The Morgan fingerprint density at radius 2 is 1.57 bits per heavy atom. The van der Waals surface area contributed by atoms with E-state index in [1.807, 2.05) is 46.8 Å². The number of carboxylic acid groups (broad SMARTS) is 2. The van der Waals surface area contributed by atoms with E-state index in [4.69, 9.17) is 0 Å². The first-order chi connectivity index (χ1) is 20.8. The van der Waals surface area contributed by atoms with E-state index >= 15 is 0 Å². The Hall–Kier alpha value is -4.12. The molecule has 5 rings (SSSR count). The van der Waals surface area contributed by atoms with Crippen molar-refractivity contribution in [3.8, 4) is 0 Å². The monoisotopic (exact) mass is 605 g/mol. The number of hydrogen-bond acceptors (Lipinski definition) is 5. The Labute approximate surface area is 257 Å². The minimum absolute atomic E-state index is 0.000824. The van der Waals surface area contributed by atoms with Crippen molar-refractivity contribution in [1.29, 1.82) is 0 Å². The van der Waals surface area contributed by atoms with Crippen LogP contribution in [-0.4, -0.2) is 54.6 Å². The number of carbonyl (C=O) groups excluding carboxylic acids is 2. The molecule has 6 N–H and O–H groups in total. The Morgan fingerprint density at radius 1 is 0.955 bits per heavy atom. The van der Waals surface area contributed by atoms with Crippen LogP contribution in [0.2, 0.25) is 0 Å². The number of aliphatic carboxylic acids is 2. The largest absolute Gasteiger partial charge is 0.481 e. The molecule has 0 radical (unpaired) electrons. The second-order valence-corrected chi connectivity index (χ2v) is 12.5. The fourth-order valence-electron chi connectivity index (χ4n) is 7.27. The van der Waals surface area contributed by atoms with E-state index in [-0.39, 0.29) is 42.4 Å². The highest BCUT2D eigenvalue weighted by Crippen LogP contribution is 2.48. The van der Waals surface area contributed by atoms with Crippen LogP contribution < -0.4 is 10.7 Å². The molecule has 3 fully saturated rings. The van der Waals surface area contributed by atoms with Gasteiger partial charge in [0.25, 0.3) is 5.91 Å². The molecule has 4 atom stereocenters.